The van der Waals surface area contributed by atoms with Crippen LogP contribution >= 0.6 is 23.2 Å². The number of piperazine rings is 1. The molecule has 3 aromatic carbocycles. The van der Waals surface area contributed by atoms with Crippen LogP contribution in [0.4, 0.5) is 11.4 Å². The van der Waals surface area contributed by atoms with Crippen molar-refractivity contribution in [3.05, 3.63) is 81.8 Å². The molecule has 7 nitrogen and oxygen atoms in total. The topological polar surface area (TPSA) is 60.1 Å². The largest absolute Gasteiger partial charge is 0.468 e. The Morgan fingerprint density at radius 1 is 0.837 bits per heavy atom. The molecule has 2 aliphatic rings. The minimum atomic E-state index is -0.178. The number of likely N-dealkylation sites (tertiary alicyclic amines) is 1. The fraction of sp³-hybridized carbons (Fsp3) is 0.441. The van der Waals surface area contributed by atoms with Gasteiger partial charge in [-0.15, -0.1) is 0 Å². The number of hydrogen-bond donors (Lipinski definition) is 2. The molecule has 9 heteroatoms. The zero-order chi connectivity index (χ0) is 30.2. The van der Waals surface area contributed by atoms with Crippen molar-refractivity contribution in [2.24, 2.45) is 5.92 Å². The van der Waals surface area contributed by atoms with Crippen LogP contribution in [-0.2, 0) is 22.6 Å². The van der Waals surface area contributed by atoms with Crippen molar-refractivity contribution in [2.45, 2.75) is 25.9 Å². The van der Waals surface area contributed by atoms with E-state index in [2.05, 4.69) is 67.8 Å². The molecule has 2 saturated heterocycles. The minimum Gasteiger partial charge on any atom is -0.468 e. The molecule has 0 amide bonds. The number of carbonyl (C=O) groups excluding carboxylic acids is 1. The van der Waals surface area contributed by atoms with Crippen molar-refractivity contribution in [1.82, 2.24) is 15.1 Å². The molecule has 0 aromatic heterocycles. The standard InChI is InChI=1S/C34H43Cl2N5O2/c1-37-21-25-7-9-39(10-8-25)23-27-15-26(16-28(17-27)29-18-30(35)20-31(36)19-29)22-38-32-3-5-33(6-4-32)41-13-11-40(12-14-41)24-34(42)43-2/h3-6,15-20,25,37-38H,7-14,21-24H2,1-2H3. The van der Waals surface area contributed by atoms with Crippen LogP contribution in [0.2, 0.25) is 10.0 Å². The first kappa shape index (κ1) is 31.6. The third kappa shape index (κ3) is 9.10. The van der Waals surface area contributed by atoms with E-state index in [9.17, 15) is 4.79 Å². The first-order chi connectivity index (χ1) is 20.9. The van der Waals surface area contributed by atoms with Crippen LogP contribution in [0.1, 0.15) is 24.0 Å². The maximum Gasteiger partial charge on any atom is 0.319 e. The lowest BCUT2D eigenvalue weighted by Gasteiger charge is -2.35. The predicted octanol–water partition coefficient (Wildman–Crippen LogP) is 6.00. The molecule has 2 fully saturated rings. The molecule has 0 spiro atoms. The number of hydrogen-bond acceptors (Lipinski definition) is 7. The predicted molar refractivity (Wildman–Crippen MR) is 178 cm³/mol. The number of ether oxygens (including phenoxy) is 1. The van der Waals surface area contributed by atoms with Gasteiger partial charge in [0.15, 0.2) is 0 Å². The van der Waals surface area contributed by atoms with Gasteiger partial charge in [0, 0.05) is 60.7 Å². The number of benzene rings is 3. The second kappa shape index (κ2) is 15.3. The number of methoxy groups -OCH3 is 1. The van der Waals surface area contributed by atoms with Crippen molar-refractivity contribution in [3.8, 4) is 11.1 Å². The van der Waals surface area contributed by atoms with Crippen LogP contribution in [0.5, 0.6) is 0 Å². The van der Waals surface area contributed by atoms with Crippen molar-refractivity contribution in [1.29, 1.82) is 0 Å². The first-order valence-electron chi connectivity index (χ1n) is 15.2. The molecule has 230 valence electrons. The molecular formula is C34H43Cl2N5O2. The van der Waals surface area contributed by atoms with Gasteiger partial charge in [0.05, 0.1) is 13.7 Å². The van der Waals surface area contributed by atoms with Gasteiger partial charge in [0.25, 0.3) is 0 Å². The van der Waals surface area contributed by atoms with E-state index in [1.165, 1.54) is 36.8 Å². The number of esters is 1. The van der Waals surface area contributed by atoms with Gasteiger partial charge in [-0.05, 0) is 122 Å². The Hall–Kier alpha value is -2.81. The Labute approximate surface area is 266 Å². The van der Waals surface area contributed by atoms with Gasteiger partial charge in [-0.1, -0.05) is 29.3 Å². The average Bonchev–Trinajstić information content (AvgIpc) is 3.01. The highest BCUT2D eigenvalue weighted by Crippen LogP contribution is 2.30. The summed E-state index contributed by atoms with van der Waals surface area (Å²) in [6.07, 6.45) is 2.47. The Morgan fingerprint density at radius 3 is 2.14 bits per heavy atom. The van der Waals surface area contributed by atoms with Crippen molar-refractivity contribution in [2.75, 3.05) is 76.7 Å². The van der Waals surface area contributed by atoms with E-state index in [1.807, 2.05) is 19.2 Å². The first-order valence-corrected chi connectivity index (χ1v) is 16.0. The highest BCUT2D eigenvalue weighted by Gasteiger charge is 2.20. The van der Waals surface area contributed by atoms with Crippen molar-refractivity contribution in [3.63, 3.8) is 0 Å². The maximum absolute atomic E-state index is 11.6. The molecule has 0 atom stereocenters. The summed E-state index contributed by atoms with van der Waals surface area (Å²) in [6, 6.07) is 21.2. The van der Waals surface area contributed by atoms with Gasteiger partial charge in [-0.25, -0.2) is 0 Å². The Kier molecular flexibility index (Phi) is 11.2. The van der Waals surface area contributed by atoms with E-state index in [1.54, 1.807) is 6.07 Å². The summed E-state index contributed by atoms with van der Waals surface area (Å²) in [6.45, 7) is 8.83. The highest BCUT2D eigenvalue weighted by atomic mass is 35.5. The smallest absolute Gasteiger partial charge is 0.319 e. The number of anilines is 2. The SMILES string of the molecule is CNCC1CCN(Cc2cc(CNc3ccc(N4CCN(CC(=O)OC)CC4)cc3)cc(-c3cc(Cl)cc(Cl)c3)c2)CC1. The van der Waals surface area contributed by atoms with Crippen LogP contribution in [0.25, 0.3) is 11.1 Å². The summed E-state index contributed by atoms with van der Waals surface area (Å²) in [5.41, 5.74) is 6.97. The molecule has 2 N–H and O–H groups in total. The van der Waals surface area contributed by atoms with E-state index < -0.39 is 0 Å². The monoisotopic (exact) mass is 623 g/mol. The number of halogens is 2. The van der Waals surface area contributed by atoms with Crippen LogP contribution in [0.15, 0.2) is 60.7 Å². The minimum absolute atomic E-state index is 0.178. The van der Waals surface area contributed by atoms with Crippen molar-refractivity contribution >= 4 is 40.5 Å². The number of carbonyl (C=O) groups is 1. The van der Waals surface area contributed by atoms with E-state index in [0.717, 1.165) is 75.1 Å². The highest BCUT2D eigenvalue weighted by molar-refractivity contribution is 6.35. The van der Waals surface area contributed by atoms with Crippen LogP contribution in [-0.4, -0.2) is 82.3 Å². The Balaban J connectivity index is 1.24. The molecule has 43 heavy (non-hydrogen) atoms. The molecule has 3 aromatic rings. The summed E-state index contributed by atoms with van der Waals surface area (Å²) < 4.78 is 4.81. The summed E-state index contributed by atoms with van der Waals surface area (Å²) in [7, 11) is 3.48. The maximum atomic E-state index is 11.6. The third-order valence-electron chi connectivity index (χ3n) is 8.54. The van der Waals surface area contributed by atoms with Crippen LogP contribution < -0.4 is 15.5 Å². The molecule has 0 bridgehead atoms. The molecule has 2 aliphatic heterocycles. The third-order valence-corrected chi connectivity index (χ3v) is 8.97. The number of nitrogens with zero attached hydrogens (tertiary/aromatic N) is 3. The molecular weight excluding hydrogens is 581 g/mol. The average molecular weight is 625 g/mol. The van der Waals surface area contributed by atoms with Gasteiger partial charge < -0.3 is 20.3 Å². The molecule has 0 radical (unpaired) electrons. The molecule has 0 unspecified atom stereocenters. The zero-order valence-electron chi connectivity index (χ0n) is 25.3. The van der Waals surface area contributed by atoms with Gasteiger partial charge in [-0.2, -0.15) is 0 Å². The van der Waals surface area contributed by atoms with E-state index in [0.29, 0.717) is 23.1 Å². The molecule has 0 aliphatic carbocycles. The number of nitrogens with one attached hydrogen (secondary N) is 2. The molecule has 2 heterocycles. The van der Waals surface area contributed by atoms with Gasteiger partial charge >= 0.3 is 5.97 Å². The molecule has 0 saturated carbocycles. The van der Waals surface area contributed by atoms with E-state index in [4.69, 9.17) is 27.9 Å². The van der Waals surface area contributed by atoms with Crippen LogP contribution in [0.3, 0.4) is 0 Å². The zero-order valence-corrected chi connectivity index (χ0v) is 26.8. The van der Waals surface area contributed by atoms with Crippen LogP contribution in [0, 0.1) is 5.92 Å². The fourth-order valence-corrected chi connectivity index (χ4v) is 6.67. The second-order valence-corrected chi connectivity index (χ2v) is 12.6. The Bertz CT molecular complexity index is 1330. The van der Waals surface area contributed by atoms with Crippen molar-refractivity contribution < 1.29 is 9.53 Å². The van der Waals surface area contributed by atoms with Gasteiger partial charge in [0.1, 0.15) is 0 Å². The van der Waals surface area contributed by atoms with Gasteiger partial charge in [0.2, 0.25) is 0 Å². The van der Waals surface area contributed by atoms with Gasteiger partial charge in [-0.3, -0.25) is 14.6 Å². The Morgan fingerprint density at radius 2 is 1.49 bits per heavy atom. The summed E-state index contributed by atoms with van der Waals surface area (Å²) >= 11 is 12.8. The fourth-order valence-electron chi connectivity index (χ4n) is 6.14. The molecule has 5 rings (SSSR count). The lowest BCUT2D eigenvalue weighted by atomic mass is 9.95. The lowest BCUT2D eigenvalue weighted by Crippen LogP contribution is -2.48. The lowest BCUT2D eigenvalue weighted by molar-refractivity contribution is -0.142. The quantitative estimate of drug-likeness (QED) is 0.254. The summed E-state index contributed by atoms with van der Waals surface area (Å²) in [5.74, 6) is 0.589. The summed E-state index contributed by atoms with van der Waals surface area (Å²) in [5, 5.41) is 8.25. The van der Waals surface area contributed by atoms with E-state index in [-0.39, 0.29) is 5.97 Å². The second-order valence-electron chi connectivity index (χ2n) is 11.7. The van der Waals surface area contributed by atoms with E-state index >= 15 is 0 Å². The number of rotatable bonds is 11. The summed E-state index contributed by atoms with van der Waals surface area (Å²) in [4.78, 5) is 18.7. The number of piperidine rings is 1. The normalized spacial score (nSPS) is 16.8.